The van der Waals surface area contributed by atoms with Crippen LogP contribution in [0.1, 0.15) is 0 Å². The highest BCUT2D eigenvalue weighted by Crippen LogP contribution is 1.93. The normalized spacial score (nSPS) is 14.8. The molecular weight excluding hydrogens is 170 g/mol. The van der Waals surface area contributed by atoms with Gasteiger partial charge in [0.25, 0.3) is 0 Å². The molecule has 6 heteroatoms. The summed E-state index contributed by atoms with van der Waals surface area (Å²) in [6.45, 7) is 0.229. The zero-order chi connectivity index (χ0) is 8.91. The van der Waals surface area contributed by atoms with Crippen LogP contribution in [0.5, 0.6) is 0 Å². The van der Waals surface area contributed by atoms with Gasteiger partial charge in [-0.05, 0) is 0 Å². The Morgan fingerprint density at radius 3 is 2.27 bits per heavy atom. The lowest BCUT2D eigenvalue weighted by molar-refractivity contribution is 0.0420. The van der Waals surface area contributed by atoms with E-state index in [0.717, 1.165) is 0 Å². The summed E-state index contributed by atoms with van der Waals surface area (Å²) in [6, 6.07) is 0. The molecular formula is C5H13NO4S. The number of hydrogen-bond donors (Lipinski definition) is 1. The van der Waals surface area contributed by atoms with Crippen molar-refractivity contribution in [3.8, 4) is 0 Å². The van der Waals surface area contributed by atoms with Crippen molar-refractivity contribution in [1.29, 1.82) is 0 Å². The summed E-state index contributed by atoms with van der Waals surface area (Å²) >= 11 is 0. The van der Waals surface area contributed by atoms with Crippen molar-refractivity contribution in [2.24, 2.45) is 5.14 Å². The Kier molecular flexibility index (Phi) is 4.58. The minimum atomic E-state index is -3.46. The van der Waals surface area contributed by atoms with E-state index in [9.17, 15) is 8.42 Å². The molecule has 0 aliphatic carbocycles. The van der Waals surface area contributed by atoms with Gasteiger partial charge in [-0.2, -0.15) is 0 Å². The Morgan fingerprint density at radius 1 is 1.45 bits per heavy atom. The second kappa shape index (κ2) is 4.66. The average molecular weight is 183 g/mol. The fourth-order valence-corrected chi connectivity index (χ4v) is 1.38. The minimum absolute atomic E-state index is 0.211. The number of methoxy groups -OCH3 is 2. The molecule has 68 valence electrons. The van der Waals surface area contributed by atoms with Gasteiger partial charge in [-0.3, -0.25) is 0 Å². The number of sulfonamides is 1. The number of primary sulfonamides is 1. The lowest BCUT2D eigenvalue weighted by Gasteiger charge is -2.11. The van der Waals surface area contributed by atoms with E-state index >= 15 is 0 Å². The minimum Gasteiger partial charge on any atom is -0.382 e. The van der Waals surface area contributed by atoms with Crippen LogP contribution in [0.2, 0.25) is 0 Å². The van der Waals surface area contributed by atoms with E-state index in [0.29, 0.717) is 0 Å². The molecule has 0 bridgehead atoms. The van der Waals surface area contributed by atoms with Crippen LogP contribution in [0, 0.1) is 0 Å². The summed E-state index contributed by atoms with van der Waals surface area (Å²) in [7, 11) is -0.584. The molecule has 0 spiro atoms. The van der Waals surface area contributed by atoms with Gasteiger partial charge in [0, 0.05) is 14.2 Å². The molecule has 0 rings (SSSR count). The highest BCUT2D eigenvalue weighted by atomic mass is 32.2. The van der Waals surface area contributed by atoms with E-state index in [1.165, 1.54) is 14.2 Å². The third kappa shape index (κ3) is 6.24. The molecule has 0 saturated carbocycles. The van der Waals surface area contributed by atoms with E-state index in [1.807, 2.05) is 0 Å². The molecule has 11 heavy (non-hydrogen) atoms. The Balaban J connectivity index is 3.88. The Morgan fingerprint density at radius 2 is 2.00 bits per heavy atom. The van der Waals surface area contributed by atoms with E-state index in [1.54, 1.807) is 0 Å². The Labute approximate surface area is 66.5 Å². The second-order valence-electron chi connectivity index (χ2n) is 2.14. The fourth-order valence-electron chi connectivity index (χ4n) is 0.629. The third-order valence-corrected chi connectivity index (χ3v) is 1.94. The maximum absolute atomic E-state index is 10.5. The van der Waals surface area contributed by atoms with Crippen LogP contribution in [-0.2, 0) is 19.5 Å². The van der Waals surface area contributed by atoms with Crippen LogP contribution < -0.4 is 5.14 Å². The summed E-state index contributed by atoms with van der Waals surface area (Å²) in [5, 5.41) is 4.78. The first-order valence-corrected chi connectivity index (χ1v) is 4.73. The third-order valence-electron chi connectivity index (χ3n) is 1.10. The maximum Gasteiger partial charge on any atom is 0.211 e. The van der Waals surface area contributed by atoms with Crippen LogP contribution in [0.4, 0.5) is 0 Å². The highest BCUT2D eigenvalue weighted by Gasteiger charge is 2.14. The smallest absolute Gasteiger partial charge is 0.211 e. The predicted molar refractivity (Wildman–Crippen MR) is 40.6 cm³/mol. The van der Waals surface area contributed by atoms with Crippen molar-refractivity contribution < 1.29 is 17.9 Å². The monoisotopic (exact) mass is 183 g/mol. The van der Waals surface area contributed by atoms with E-state index in [-0.39, 0.29) is 12.4 Å². The fraction of sp³-hybridized carbons (Fsp3) is 1.00. The van der Waals surface area contributed by atoms with Crippen LogP contribution in [0.15, 0.2) is 0 Å². The molecule has 0 aromatic rings. The SMILES string of the molecule is COCC(CS(N)(=O)=O)OC. The molecule has 2 N–H and O–H groups in total. The van der Waals surface area contributed by atoms with Gasteiger partial charge in [-0.15, -0.1) is 0 Å². The summed E-state index contributed by atoms with van der Waals surface area (Å²) in [4.78, 5) is 0. The summed E-state index contributed by atoms with van der Waals surface area (Å²) in [6.07, 6.45) is -0.477. The molecule has 0 aromatic carbocycles. The molecule has 0 heterocycles. The van der Waals surface area contributed by atoms with Crippen molar-refractivity contribution in [3.63, 3.8) is 0 Å². The van der Waals surface area contributed by atoms with Gasteiger partial charge in [-0.1, -0.05) is 0 Å². The zero-order valence-electron chi connectivity index (χ0n) is 6.61. The Hall–Kier alpha value is -0.170. The molecule has 1 atom stereocenters. The molecule has 0 aliphatic rings. The lowest BCUT2D eigenvalue weighted by Crippen LogP contribution is -2.31. The highest BCUT2D eigenvalue weighted by molar-refractivity contribution is 7.89. The summed E-state index contributed by atoms with van der Waals surface area (Å²) in [5.41, 5.74) is 0. The van der Waals surface area contributed by atoms with Gasteiger partial charge < -0.3 is 9.47 Å². The topological polar surface area (TPSA) is 78.6 Å². The van der Waals surface area contributed by atoms with E-state index in [4.69, 9.17) is 14.6 Å². The van der Waals surface area contributed by atoms with Crippen molar-refractivity contribution in [3.05, 3.63) is 0 Å². The van der Waals surface area contributed by atoms with Crippen LogP contribution in [0.25, 0.3) is 0 Å². The first kappa shape index (κ1) is 10.8. The Bertz CT molecular complexity index is 189. The number of ether oxygens (including phenoxy) is 2. The number of hydrogen-bond acceptors (Lipinski definition) is 4. The van der Waals surface area contributed by atoms with Crippen molar-refractivity contribution in [2.45, 2.75) is 6.10 Å². The number of nitrogens with two attached hydrogens (primary N) is 1. The quantitative estimate of drug-likeness (QED) is 0.589. The second-order valence-corrected chi connectivity index (χ2v) is 3.80. The largest absolute Gasteiger partial charge is 0.382 e. The van der Waals surface area contributed by atoms with Gasteiger partial charge in [0.15, 0.2) is 0 Å². The molecule has 0 aromatic heterocycles. The molecule has 0 saturated heterocycles. The molecule has 5 nitrogen and oxygen atoms in total. The molecule has 1 unspecified atom stereocenters. The van der Waals surface area contributed by atoms with E-state index < -0.39 is 16.1 Å². The van der Waals surface area contributed by atoms with Gasteiger partial charge >= 0.3 is 0 Å². The van der Waals surface area contributed by atoms with Crippen LogP contribution >= 0.6 is 0 Å². The van der Waals surface area contributed by atoms with Gasteiger partial charge in [0.2, 0.25) is 10.0 Å². The molecule has 0 amide bonds. The van der Waals surface area contributed by atoms with Gasteiger partial charge in [0.1, 0.15) is 0 Å². The van der Waals surface area contributed by atoms with Gasteiger partial charge in [-0.25, -0.2) is 13.6 Å². The molecule has 0 fully saturated rings. The average Bonchev–Trinajstić information content (AvgIpc) is 1.84. The van der Waals surface area contributed by atoms with Crippen molar-refractivity contribution >= 4 is 10.0 Å². The van der Waals surface area contributed by atoms with Crippen molar-refractivity contribution in [1.82, 2.24) is 0 Å². The molecule has 0 radical (unpaired) electrons. The zero-order valence-corrected chi connectivity index (χ0v) is 7.43. The summed E-state index contributed by atoms with van der Waals surface area (Å²) in [5.74, 6) is -0.211. The standard InChI is InChI=1S/C5H13NO4S/c1-9-3-5(10-2)4-11(6,7)8/h5H,3-4H2,1-2H3,(H2,6,7,8). The summed E-state index contributed by atoms with van der Waals surface area (Å²) < 4.78 is 30.5. The first-order valence-electron chi connectivity index (χ1n) is 3.02. The molecule has 0 aliphatic heterocycles. The van der Waals surface area contributed by atoms with Crippen molar-refractivity contribution in [2.75, 3.05) is 26.6 Å². The van der Waals surface area contributed by atoms with Crippen LogP contribution in [-0.4, -0.2) is 41.1 Å². The van der Waals surface area contributed by atoms with E-state index in [2.05, 4.69) is 0 Å². The number of rotatable bonds is 5. The lowest BCUT2D eigenvalue weighted by atomic mass is 10.4. The van der Waals surface area contributed by atoms with Gasteiger partial charge in [0.05, 0.1) is 18.5 Å². The van der Waals surface area contributed by atoms with Crippen LogP contribution in [0.3, 0.4) is 0 Å². The maximum atomic E-state index is 10.5. The predicted octanol–water partition coefficient (Wildman–Crippen LogP) is -1.06. The first-order chi connectivity index (χ1) is 4.99.